The number of carbonyl (C=O) groups excluding carboxylic acids is 1. The van der Waals surface area contributed by atoms with Crippen LogP contribution in [0.1, 0.15) is 28.9 Å². The molecule has 3 heterocycles. The fourth-order valence-corrected chi connectivity index (χ4v) is 4.78. The van der Waals surface area contributed by atoms with Crippen LogP contribution in [0.5, 0.6) is 5.19 Å². The molecule has 0 spiro atoms. The molecule has 0 atom stereocenters. The molecule has 0 saturated carbocycles. The summed E-state index contributed by atoms with van der Waals surface area (Å²) in [5, 5.41) is 4.88. The van der Waals surface area contributed by atoms with Gasteiger partial charge in [0.1, 0.15) is 17.4 Å². The van der Waals surface area contributed by atoms with Gasteiger partial charge in [-0.05, 0) is 31.2 Å². The Morgan fingerprint density at radius 3 is 2.65 bits per heavy atom. The average molecular weight is 437 g/mol. The van der Waals surface area contributed by atoms with Crippen LogP contribution >= 0.6 is 11.3 Å². The van der Waals surface area contributed by atoms with E-state index in [-0.39, 0.29) is 17.8 Å². The van der Waals surface area contributed by atoms with Crippen LogP contribution < -0.4 is 4.74 Å². The van der Waals surface area contributed by atoms with E-state index in [0.717, 1.165) is 16.1 Å². The lowest BCUT2D eigenvalue weighted by Crippen LogP contribution is -2.41. The number of aromatic nitrogens is 3. The summed E-state index contributed by atoms with van der Waals surface area (Å²) < 4.78 is 22.4. The molecule has 1 amide bonds. The minimum Gasteiger partial charge on any atom is -0.467 e. The highest BCUT2D eigenvalue weighted by Gasteiger charge is 2.27. The van der Waals surface area contributed by atoms with Crippen LogP contribution in [-0.2, 0) is 0 Å². The van der Waals surface area contributed by atoms with Crippen LogP contribution in [0.15, 0.2) is 54.7 Å². The second kappa shape index (κ2) is 8.11. The SMILES string of the molecule is Cc1c(C(=O)N2CCC(Oc3nc4c(F)cccc4s3)CC2)cnn1-c1ccccc1. The molecule has 1 aliphatic heterocycles. The van der Waals surface area contributed by atoms with E-state index in [2.05, 4.69) is 10.1 Å². The smallest absolute Gasteiger partial charge is 0.274 e. The molecule has 0 bridgehead atoms. The number of carbonyl (C=O) groups is 1. The number of rotatable bonds is 4. The van der Waals surface area contributed by atoms with Gasteiger partial charge in [0, 0.05) is 25.9 Å². The maximum atomic E-state index is 13.9. The van der Waals surface area contributed by atoms with E-state index in [0.29, 0.717) is 42.2 Å². The fourth-order valence-electron chi connectivity index (χ4n) is 3.88. The van der Waals surface area contributed by atoms with E-state index in [1.54, 1.807) is 16.9 Å². The highest BCUT2D eigenvalue weighted by atomic mass is 32.1. The molecule has 1 fully saturated rings. The highest BCUT2D eigenvalue weighted by Crippen LogP contribution is 2.31. The van der Waals surface area contributed by atoms with E-state index in [9.17, 15) is 9.18 Å². The van der Waals surface area contributed by atoms with Gasteiger partial charge in [0.05, 0.1) is 27.8 Å². The summed E-state index contributed by atoms with van der Waals surface area (Å²) in [7, 11) is 0. The van der Waals surface area contributed by atoms with E-state index in [4.69, 9.17) is 4.74 Å². The largest absolute Gasteiger partial charge is 0.467 e. The Morgan fingerprint density at radius 1 is 1.13 bits per heavy atom. The van der Waals surface area contributed by atoms with Crippen LogP contribution in [0.25, 0.3) is 15.9 Å². The number of likely N-dealkylation sites (tertiary alicyclic amines) is 1. The molecule has 6 nitrogen and oxygen atoms in total. The van der Waals surface area contributed by atoms with Crippen LogP contribution in [-0.4, -0.2) is 44.8 Å². The van der Waals surface area contributed by atoms with Gasteiger partial charge in [-0.15, -0.1) is 0 Å². The van der Waals surface area contributed by atoms with Crippen molar-refractivity contribution >= 4 is 27.5 Å². The molecule has 2 aromatic carbocycles. The number of para-hydroxylation sites is 2. The molecule has 31 heavy (non-hydrogen) atoms. The Bertz CT molecular complexity index is 1230. The lowest BCUT2D eigenvalue weighted by Gasteiger charge is -2.31. The lowest BCUT2D eigenvalue weighted by atomic mass is 10.1. The fraction of sp³-hybridized carbons (Fsp3) is 0.261. The summed E-state index contributed by atoms with van der Waals surface area (Å²) in [5.74, 6) is -0.351. The van der Waals surface area contributed by atoms with Gasteiger partial charge in [-0.25, -0.2) is 9.07 Å². The maximum Gasteiger partial charge on any atom is 0.274 e. The molecular formula is C23H21FN4O2S. The molecule has 1 saturated heterocycles. The summed E-state index contributed by atoms with van der Waals surface area (Å²) in [5.41, 5.74) is 2.72. The number of amides is 1. The minimum absolute atomic E-state index is 0.0137. The van der Waals surface area contributed by atoms with Crippen molar-refractivity contribution in [2.45, 2.75) is 25.9 Å². The van der Waals surface area contributed by atoms with Crippen molar-refractivity contribution in [1.82, 2.24) is 19.7 Å². The van der Waals surface area contributed by atoms with E-state index >= 15 is 0 Å². The zero-order valence-corrected chi connectivity index (χ0v) is 17.8. The van der Waals surface area contributed by atoms with Crippen molar-refractivity contribution in [3.8, 4) is 10.9 Å². The number of ether oxygens (including phenoxy) is 1. The van der Waals surface area contributed by atoms with E-state index in [1.165, 1.54) is 17.4 Å². The van der Waals surface area contributed by atoms with Crippen LogP contribution in [0.3, 0.4) is 0 Å². The van der Waals surface area contributed by atoms with Crippen molar-refractivity contribution in [1.29, 1.82) is 0 Å². The number of fused-ring (bicyclic) bond motifs is 1. The number of hydrogen-bond acceptors (Lipinski definition) is 5. The van der Waals surface area contributed by atoms with Gasteiger partial charge < -0.3 is 9.64 Å². The van der Waals surface area contributed by atoms with Crippen molar-refractivity contribution in [3.63, 3.8) is 0 Å². The Morgan fingerprint density at radius 2 is 1.90 bits per heavy atom. The van der Waals surface area contributed by atoms with Gasteiger partial charge in [-0.2, -0.15) is 10.1 Å². The Labute approximate surface area is 182 Å². The summed E-state index contributed by atoms with van der Waals surface area (Å²) in [4.78, 5) is 19.2. The van der Waals surface area contributed by atoms with Crippen molar-refractivity contribution in [2.24, 2.45) is 0 Å². The Hall–Kier alpha value is -3.26. The molecule has 2 aromatic heterocycles. The normalized spacial score (nSPS) is 14.8. The molecule has 1 aliphatic rings. The lowest BCUT2D eigenvalue weighted by molar-refractivity contribution is 0.0595. The Balaban J connectivity index is 1.24. The van der Waals surface area contributed by atoms with Crippen molar-refractivity contribution in [3.05, 3.63) is 71.8 Å². The zero-order valence-electron chi connectivity index (χ0n) is 17.0. The third-order valence-corrected chi connectivity index (χ3v) is 6.50. The van der Waals surface area contributed by atoms with Gasteiger partial charge in [-0.3, -0.25) is 4.79 Å². The molecule has 5 rings (SSSR count). The molecule has 8 heteroatoms. The van der Waals surface area contributed by atoms with Crippen LogP contribution in [0, 0.1) is 12.7 Å². The molecule has 158 valence electrons. The monoisotopic (exact) mass is 436 g/mol. The highest BCUT2D eigenvalue weighted by molar-refractivity contribution is 7.20. The zero-order chi connectivity index (χ0) is 21.4. The predicted molar refractivity (Wildman–Crippen MR) is 117 cm³/mol. The third kappa shape index (κ3) is 3.79. The first-order valence-electron chi connectivity index (χ1n) is 10.2. The molecule has 4 aromatic rings. The summed E-state index contributed by atoms with van der Waals surface area (Å²) in [6, 6.07) is 14.7. The second-order valence-electron chi connectivity index (χ2n) is 7.57. The summed E-state index contributed by atoms with van der Waals surface area (Å²) >= 11 is 1.35. The molecular weight excluding hydrogens is 415 g/mol. The average Bonchev–Trinajstić information content (AvgIpc) is 3.38. The van der Waals surface area contributed by atoms with Gasteiger partial charge in [-0.1, -0.05) is 35.6 Å². The second-order valence-corrected chi connectivity index (χ2v) is 8.56. The number of halogens is 1. The van der Waals surface area contributed by atoms with Crippen molar-refractivity contribution in [2.75, 3.05) is 13.1 Å². The quantitative estimate of drug-likeness (QED) is 0.469. The predicted octanol–water partition coefficient (Wildman–Crippen LogP) is 4.61. The topological polar surface area (TPSA) is 60.3 Å². The molecule has 0 N–H and O–H groups in total. The van der Waals surface area contributed by atoms with Gasteiger partial charge >= 0.3 is 0 Å². The van der Waals surface area contributed by atoms with Gasteiger partial charge in [0.25, 0.3) is 11.1 Å². The maximum absolute atomic E-state index is 13.9. The summed E-state index contributed by atoms with van der Waals surface area (Å²) in [6.07, 6.45) is 3.01. The van der Waals surface area contributed by atoms with Gasteiger partial charge in [0.2, 0.25) is 0 Å². The number of thiazole rings is 1. The number of piperidine rings is 1. The van der Waals surface area contributed by atoms with E-state index in [1.807, 2.05) is 48.2 Å². The van der Waals surface area contributed by atoms with Crippen LogP contribution in [0.4, 0.5) is 4.39 Å². The first kappa shape index (κ1) is 19.7. The molecule has 0 unspecified atom stereocenters. The first-order chi connectivity index (χ1) is 15.1. The Kier molecular flexibility index (Phi) is 5.15. The van der Waals surface area contributed by atoms with Gasteiger partial charge in [0.15, 0.2) is 0 Å². The minimum atomic E-state index is -0.338. The van der Waals surface area contributed by atoms with Crippen molar-refractivity contribution < 1.29 is 13.9 Å². The summed E-state index contributed by atoms with van der Waals surface area (Å²) in [6.45, 7) is 3.10. The standard InChI is InChI=1S/C23H21FN4O2S/c1-15-18(14-25-28(15)16-6-3-2-4-7-16)22(29)27-12-10-17(11-13-27)30-23-26-21-19(24)8-5-9-20(21)31-23/h2-9,14,17H,10-13H2,1H3. The number of hydrogen-bond donors (Lipinski definition) is 0. The van der Waals surface area contributed by atoms with E-state index < -0.39 is 0 Å². The number of benzene rings is 2. The van der Waals surface area contributed by atoms with Crippen LogP contribution in [0.2, 0.25) is 0 Å². The first-order valence-corrected chi connectivity index (χ1v) is 11.0. The third-order valence-electron chi connectivity index (χ3n) is 5.59. The molecule has 0 radical (unpaired) electrons. The number of nitrogens with zero attached hydrogens (tertiary/aromatic N) is 4. The molecule has 0 aliphatic carbocycles.